The summed E-state index contributed by atoms with van der Waals surface area (Å²) in [6.45, 7) is 4.37. The lowest BCUT2D eigenvalue weighted by Gasteiger charge is -2.42. The molecule has 0 aromatic carbocycles. The number of amides is 1. The highest BCUT2D eigenvalue weighted by Gasteiger charge is 2.36. The fourth-order valence-electron chi connectivity index (χ4n) is 3.21. The number of likely N-dealkylation sites (tertiary alicyclic amines) is 1. The van der Waals surface area contributed by atoms with Crippen LogP contribution in [-0.4, -0.2) is 51.3 Å². The average Bonchev–Trinajstić information content (AvgIpc) is 2.91. The topological polar surface area (TPSA) is 91.1 Å². The van der Waals surface area contributed by atoms with Crippen LogP contribution in [0.15, 0.2) is 16.4 Å². The molecule has 22 heavy (non-hydrogen) atoms. The highest BCUT2D eigenvalue weighted by atomic mass is 16.5. The van der Waals surface area contributed by atoms with E-state index in [-0.39, 0.29) is 17.2 Å². The van der Waals surface area contributed by atoms with E-state index in [9.17, 15) is 9.59 Å². The molecule has 120 valence electrons. The summed E-state index contributed by atoms with van der Waals surface area (Å²) >= 11 is 0. The minimum atomic E-state index is -0.334. The van der Waals surface area contributed by atoms with Crippen LogP contribution in [0.3, 0.4) is 0 Å². The van der Waals surface area contributed by atoms with E-state index < -0.39 is 0 Å². The lowest BCUT2D eigenvalue weighted by atomic mass is 9.87. The fraction of sp³-hybridized carbons (Fsp3) is 0.667. The number of piperidine rings is 1. The molecule has 2 N–H and O–H groups in total. The number of H-pyrrole nitrogens is 2. The number of carbonyl (C=O) groups is 1. The van der Waals surface area contributed by atoms with Crippen molar-refractivity contribution in [2.45, 2.75) is 44.6 Å². The van der Waals surface area contributed by atoms with Crippen LogP contribution >= 0.6 is 0 Å². The lowest BCUT2D eigenvalue weighted by Crippen LogP contribution is -2.48. The molecule has 1 fully saturated rings. The summed E-state index contributed by atoms with van der Waals surface area (Å²) in [5, 5.41) is 6.12. The molecule has 1 spiro atoms. The molecular formula is C15H22N4O3. The highest BCUT2D eigenvalue weighted by molar-refractivity contribution is 5.76. The Morgan fingerprint density at radius 1 is 1.45 bits per heavy atom. The summed E-state index contributed by atoms with van der Waals surface area (Å²) in [6, 6.07) is 0. The van der Waals surface area contributed by atoms with Crippen molar-refractivity contribution in [2.24, 2.45) is 0 Å². The Kier molecular flexibility index (Phi) is 4.15. The van der Waals surface area contributed by atoms with E-state index in [0.29, 0.717) is 18.7 Å². The van der Waals surface area contributed by atoms with E-state index in [1.165, 1.54) is 5.57 Å². The number of aryl methyl sites for hydroxylation is 1. The summed E-state index contributed by atoms with van der Waals surface area (Å²) in [6.07, 6.45) is 5.78. The molecule has 2 aliphatic rings. The van der Waals surface area contributed by atoms with Gasteiger partial charge in [0.15, 0.2) is 0 Å². The molecule has 2 aliphatic heterocycles. The van der Waals surface area contributed by atoms with Crippen molar-refractivity contribution in [1.29, 1.82) is 0 Å². The number of rotatable bonds is 3. The lowest BCUT2D eigenvalue weighted by molar-refractivity contribution is -0.136. The van der Waals surface area contributed by atoms with Crippen LogP contribution in [0.1, 0.15) is 38.4 Å². The van der Waals surface area contributed by atoms with Gasteiger partial charge in [-0.3, -0.25) is 9.78 Å². The molecule has 3 rings (SSSR count). The van der Waals surface area contributed by atoms with Crippen LogP contribution in [0.5, 0.6) is 0 Å². The minimum Gasteiger partial charge on any atom is -0.370 e. The first-order valence-corrected chi connectivity index (χ1v) is 7.80. The van der Waals surface area contributed by atoms with Crippen molar-refractivity contribution >= 4 is 5.91 Å². The monoisotopic (exact) mass is 306 g/mol. The highest BCUT2D eigenvalue weighted by Crippen LogP contribution is 2.33. The zero-order valence-electron chi connectivity index (χ0n) is 12.9. The van der Waals surface area contributed by atoms with Crippen LogP contribution in [0.25, 0.3) is 0 Å². The normalized spacial score (nSPS) is 21.0. The van der Waals surface area contributed by atoms with Crippen LogP contribution in [0.4, 0.5) is 0 Å². The van der Waals surface area contributed by atoms with Crippen molar-refractivity contribution in [3.63, 3.8) is 0 Å². The minimum absolute atomic E-state index is 0.107. The predicted octanol–water partition coefficient (Wildman–Crippen LogP) is 0.758. The largest absolute Gasteiger partial charge is 0.370 e. The van der Waals surface area contributed by atoms with Crippen molar-refractivity contribution in [3.05, 3.63) is 28.0 Å². The fourth-order valence-corrected chi connectivity index (χ4v) is 3.21. The van der Waals surface area contributed by atoms with Gasteiger partial charge in [0.05, 0.1) is 12.2 Å². The summed E-state index contributed by atoms with van der Waals surface area (Å²) in [5.41, 5.74) is 0.888. The predicted molar refractivity (Wildman–Crippen MR) is 80.4 cm³/mol. The van der Waals surface area contributed by atoms with Gasteiger partial charge in [-0.15, -0.1) is 0 Å². The number of nitrogens with zero attached hydrogens (tertiary/aromatic N) is 2. The zero-order chi connectivity index (χ0) is 15.6. The third kappa shape index (κ3) is 3.30. The molecule has 7 heteroatoms. The van der Waals surface area contributed by atoms with Gasteiger partial charge in [0.25, 0.3) is 0 Å². The quantitative estimate of drug-likeness (QED) is 0.807. The second-order valence-electron chi connectivity index (χ2n) is 6.16. The maximum atomic E-state index is 12.3. The maximum absolute atomic E-state index is 12.3. The van der Waals surface area contributed by atoms with Crippen LogP contribution in [-0.2, 0) is 16.0 Å². The zero-order valence-corrected chi connectivity index (χ0v) is 12.9. The van der Waals surface area contributed by atoms with Crippen molar-refractivity contribution in [3.8, 4) is 0 Å². The van der Waals surface area contributed by atoms with Gasteiger partial charge in [-0.2, -0.15) is 5.10 Å². The van der Waals surface area contributed by atoms with E-state index in [4.69, 9.17) is 4.74 Å². The number of carbonyl (C=O) groups excluding carboxylic acids is 1. The van der Waals surface area contributed by atoms with Gasteiger partial charge >= 0.3 is 5.69 Å². The average molecular weight is 306 g/mol. The standard InChI is InChI=1S/C15H22N4O3/c1-11-4-9-22-15(10-11)5-7-19(8-6-15)13(20)3-2-12-16-14(21)18-17-12/h10H,2-9H2,1H3,(H2,16,17,18,21). The Morgan fingerprint density at radius 3 is 2.86 bits per heavy atom. The van der Waals surface area contributed by atoms with Gasteiger partial charge in [0.1, 0.15) is 5.82 Å². The van der Waals surface area contributed by atoms with Gasteiger partial charge in [-0.1, -0.05) is 11.6 Å². The Balaban J connectivity index is 1.51. The second kappa shape index (κ2) is 6.08. The molecule has 0 bridgehead atoms. The Labute approximate surface area is 128 Å². The number of nitrogens with one attached hydrogen (secondary N) is 2. The van der Waals surface area contributed by atoms with E-state index in [1.54, 1.807) is 0 Å². The van der Waals surface area contributed by atoms with E-state index in [0.717, 1.165) is 39.0 Å². The smallest absolute Gasteiger partial charge is 0.340 e. The SMILES string of the molecule is CC1=CC2(CCN(C(=O)CCc3n[nH]c(=O)[nH]3)CC2)OCC1. The van der Waals surface area contributed by atoms with Crippen molar-refractivity contribution < 1.29 is 9.53 Å². The molecule has 1 aromatic rings. The first-order valence-electron chi connectivity index (χ1n) is 7.80. The molecule has 1 amide bonds. The molecule has 0 unspecified atom stereocenters. The van der Waals surface area contributed by atoms with Gasteiger partial charge in [0, 0.05) is 25.9 Å². The second-order valence-corrected chi connectivity index (χ2v) is 6.16. The van der Waals surface area contributed by atoms with Crippen molar-refractivity contribution in [2.75, 3.05) is 19.7 Å². The molecule has 7 nitrogen and oxygen atoms in total. The molecule has 3 heterocycles. The van der Waals surface area contributed by atoms with Crippen LogP contribution in [0, 0.1) is 0 Å². The molecule has 0 radical (unpaired) electrons. The molecule has 0 saturated carbocycles. The number of hydrogen-bond donors (Lipinski definition) is 2. The summed E-state index contributed by atoms with van der Waals surface area (Å²) < 4.78 is 5.97. The molecule has 1 saturated heterocycles. The number of aromatic nitrogens is 3. The van der Waals surface area contributed by atoms with E-state index in [2.05, 4.69) is 28.2 Å². The summed E-state index contributed by atoms with van der Waals surface area (Å²) in [7, 11) is 0. The molecular weight excluding hydrogens is 284 g/mol. The van der Waals surface area contributed by atoms with Gasteiger partial charge in [-0.05, 0) is 26.2 Å². The van der Waals surface area contributed by atoms with E-state index >= 15 is 0 Å². The first kappa shape index (κ1) is 15.0. The molecule has 0 aliphatic carbocycles. The van der Waals surface area contributed by atoms with Gasteiger partial charge in [0.2, 0.25) is 5.91 Å². The van der Waals surface area contributed by atoms with Gasteiger partial charge < -0.3 is 9.64 Å². The van der Waals surface area contributed by atoms with Crippen molar-refractivity contribution in [1.82, 2.24) is 20.1 Å². The van der Waals surface area contributed by atoms with Crippen LogP contribution < -0.4 is 5.69 Å². The van der Waals surface area contributed by atoms with Crippen LogP contribution in [0.2, 0.25) is 0 Å². The van der Waals surface area contributed by atoms with Gasteiger partial charge in [-0.25, -0.2) is 9.89 Å². The Hall–Kier alpha value is -1.89. The third-order valence-corrected chi connectivity index (χ3v) is 4.48. The Morgan fingerprint density at radius 2 is 2.23 bits per heavy atom. The number of hydrogen-bond acceptors (Lipinski definition) is 4. The maximum Gasteiger partial charge on any atom is 0.340 e. The first-order chi connectivity index (χ1) is 10.6. The number of ether oxygens (including phenoxy) is 1. The Bertz CT molecular complexity index is 623. The summed E-state index contributed by atoms with van der Waals surface area (Å²) in [4.78, 5) is 27.7. The van der Waals surface area contributed by atoms with E-state index in [1.807, 2.05) is 4.90 Å². The molecule has 1 aromatic heterocycles. The summed E-state index contributed by atoms with van der Waals surface area (Å²) in [5.74, 6) is 0.635. The molecule has 0 atom stereocenters. The number of aromatic amines is 2. The third-order valence-electron chi connectivity index (χ3n) is 4.48.